The molecule has 1 saturated heterocycles. The van der Waals surface area contributed by atoms with Crippen molar-refractivity contribution in [2.24, 2.45) is 5.92 Å². The summed E-state index contributed by atoms with van der Waals surface area (Å²) < 4.78 is 5.35. The molecule has 0 aromatic heterocycles. The molecule has 1 atom stereocenters. The fraction of sp³-hybridized carbons (Fsp3) is 0.500. The smallest absolute Gasteiger partial charge is 0.253 e. The number of aliphatic hydroxyl groups excluding tert-OH is 1. The predicted molar refractivity (Wildman–Crippen MR) is 66.0 cm³/mol. The molecule has 0 bridgehead atoms. The number of amides is 1. The molecule has 0 spiro atoms. The summed E-state index contributed by atoms with van der Waals surface area (Å²) in [6, 6.07) is 5.80. The highest BCUT2D eigenvalue weighted by Crippen LogP contribution is 2.23. The Labute approximate surface area is 106 Å². The highest BCUT2D eigenvalue weighted by molar-refractivity contribution is 5.94. The summed E-state index contributed by atoms with van der Waals surface area (Å²) >= 11 is 0. The zero-order chi connectivity index (χ0) is 12.5. The van der Waals surface area contributed by atoms with E-state index in [1.807, 2.05) is 23.1 Å². The van der Waals surface area contributed by atoms with Crippen LogP contribution in [0, 0.1) is 5.92 Å². The second kappa shape index (κ2) is 4.71. The molecule has 0 aliphatic carbocycles. The Morgan fingerprint density at radius 3 is 3.00 bits per heavy atom. The monoisotopic (exact) mass is 247 g/mol. The van der Waals surface area contributed by atoms with Gasteiger partial charge in [0.25, 0.3) is 5.91 Å². The average molecular weight is 247 g/mol. The van der Waals surface area contributed by atoms with Gasteiger partial charge in [-0.25, -0.2) is 0 Å². The Morgan fingerprint density at radius 2 is 2.22 bits per heavy atom. The lowest BCUT2D eigenvalue weighted by atomic mass is 10.1. The first-order valence-corrected chi connectivity index (χ1v) is 6.37. The van der Waals surface area contributed by atoms with Crippen LogP contribution in [0.2, 0.25) is 0 Å². The van der Waals surface area contributed by atoms with E-state index in [9.17, 15) is 4.79 Å². The number of hydrogen-bond acceptors (Lipinski definition) is 3. The molecule has 0 radical (unpaired) electrons. The molecule has 1 aromatic carbocycles. The number of rotatable bonds is 2. The van der Waals surface area contributed by atoms with Crippen molar-refractivity contribution in [3.05, 3.63) is 34.9 Å². The van der Waals surface area contributed by atoms with Crippen molar-refractivity contribution < 1.29 is 14.6 Å². The quantitative estimate of drug-likeness (QED) is 0.853. The Morgan fingerprint density at radius 1 is 1.39 bits per heavy atom. The number of ether oxygens (including phenoxy) is 1. The summed E-state index contributed by atoms with van der Waals surface area (Å²) in [6.07, 6.45) is 0.899. The molecule has 18 heavy (non-hydrogen) atoms. The van der Waals surface area contributed by atoms with Crippen LogP contribution in [0.3, 0.4) is 0 Å². The minimum atomic E-state index is 0.0700. The average Bonchev–Trinajstić information content (AvgIpc) is 3.05. The van der Waals surface area contributed by atoms with Crippen molar-refractivity contribution in [1.29, 1.82) is 0 Å². The molecule has 0 saturated carbocycles. The van der Waals surface area contributed by atoms with Crippen molar-refractivity contribution in [2.75, 3.05) is 19.7 Å². The number of benzene rings is 1. The van der Waals surface area contributed by atoms with E-state index < -0.39 is 0 Å². The van der Waals surface area contributed by atoms with Crippen molar-refractivity contribution in [1.82, 2.24) is 4.90 Å². The standard InChI is InChI=1S/C14H17NO3/c16-7-10-3-4-15(6-10)14(17)11-1-2-12-8-18-9-13(12)5-11/h1-2,5,10,16H,3-4,6-9H2. The minimum Gasteiger partial charge on any atom is -0.396 e. The molecule has 1 aromatic rings. The minimum absolute atomic E-state index is 0.0700. The van der Waals surface area contributed by atoms with Crippen LogP contribution in [-0.4, -0.2) is 35.6 Å². The highest BCUT2D eigenvalue weighted by atomic mass is 16.5. The van der Waals surface area contributed by atoms with E-state index in [1.54, 1.807) is 0 Å². The van der Waals surface area contributed by atoms with Crippen molar-refractivity contribution in [2.45, 2.75) is 19.6 Å². The van der Waals surface area contributed by atoms with Gasteiger partial charge in [0.15, 0.2) is 0 Å². The molecular weight excluding hydrogens is 230 g/mol. The van der Waals surface area contributed by atoms with E-state index in [4.69, 9.17) is 9.84 Å². The third-order valence-electron chi connectivity index (χ3n) is 3.80. The molecule has 4 heteroatoms. The molecule has 1 unspecified atom stereocenters. The number of likely N-dealkylation sites (tertiary alicyclic amines) is 1. The molecule has 2 aliphatic rings. The molecule has 2 aliphatic heterocycles. The number of fused-ring (bicyclic) bond motifs is 1. The lowest BCUT2D eigenvalue weighted by Gasteiger charge is -2.16. The van der Waals surface area contributed by atoms with E-state index in [-0.39, 0.29) is 18.4 Å². The first kappa shape index (κ1) is 11.7. The van der Waals surface area contributed by atoms with Crippen molar-refractivity contribution in [3.8, 4) is 0 Å². The first-order chi connectivity index (χ1) is 8.78. The molecule has 2 heterocycles. The lowest BCUT2D eigenvalue weighted by molar-refractivity contribution is 0.0781. The molecular formula is C14H17NO3. The van der Waals surface area contributed by atoms with Crippen LogP contribution < -0.4 is 0 Å². The van der Waals surface area contributed by atoms with Gasteiger partial charge in [0, 0.05) is 31.2 Å². The Kier molecular flexibility index (Phi) is 3.06. The van der Waals surface area contributed by atoms with E-state index in [1.165, 1.54) is 5.56 Å². The molecule has 4 nitrogen and oxygen atoms in total. The summed E-state index contributed by atoms with van der Waals surface area (Å²) in [5.41, 5.74) is 3.04. The van der Waals surface area contributed by atoms with Crippen LogP contribution in [0.1, 0.15) is 27.9 Å². The number of hydrogen-bond donors (Lipinski definition) is 1. The van der Waals surface area contributed by atoms with E-state index in [0.717, 1.165) is 24.1 Å². The predicted octanol–water partition coefficient (Wildman–Crippen LogP) is 1.17. The van der Waals surface area contributed by atoms with Gasteiger partial charge in [-0.05, 0) is 29.7 Å². The first-order valence-electron chi connectivity index (χ1n) is 6.37. The van der Waals surface area contributed by atoms with E-state index in [0.29, 0.717) is 19.8 Å². The summed E-state index contributed by atoms with van der Waals surface area (Å²) in [4.78, 5) is 14.1. The SMILES string of the molecule is O=C(c1ccc2c(c1)COC2)N1CCC(CO)C1. The number of carbonyl (C=O) groups is 1. The maximum absolute atomic E-state index is 12.3. The fourth-order valence-corrected chi connectivity index (χ4v) is 2.65. The van der Waals surface area contributed by atoms with Gasteiger partial charge in [-0.1, -0.05) is 6.07 Å². The van der Waals surface area contributed by atoms with Gasteiger partial charge < -0.3 is 14.7 Å². The van der Waals surface area contributed by atoms with Gasteiger partial charge in [0.05, 0.1) is 13.2 Å². The summed E-state index contributed by atoms with van der Waals surface area (Å²) in [6.45, 7) is 2.85. The second-order valence-corrected chi connectivity index (χ2v) is 5.06. The molecule has 1 N–H and O–H groups in total. The van der Waals surface area contributed by atoms with Gasteiger partial charge in [0.2, 0.25) is 0 Å². The van der Waals surface area contributed by atoms with Crippen LogP contribution in [0.25, 0.3) is 0 Å². The van der Waals surface area contributed by atoms with Crippen LogP contribution in [0.4, 0.5) is 0 Å². The van der Waals surface area contributed by atoms with Crippen LogP contribution in [-0.2, 0) is 18.0 Å². The largest absolute Gasteiger partial charge is 0.396 e. The Bertz CT molecular complexity index is 472. The summed E-state index contributed by atoms with van der Waals surface area (Å²) in [5, 5.41) is 9.11. The number of carbonyl (C=O) groups excluding carboxylic acids is 1. The molecule has 96 valence electrons. The van der Waals surface area contributed by atoms with Crippen LogP contribution >= 0.6 is 0 Å². The second-order valence-electron chi connectivity index (χ2n) is 5.06. The Hall–Kier alpha value is -1.39. The molecule has 1 fully saturated rings. The van der Waals surface area contributed by atoms with Gasteiger partial charge in [-0.15, -0.1) is 0 Å². The van der Waals surface area contributed by atoms with Gasteiger partial charge >= 0.3 is 0 Å². The topological polar surface area (TPSA) is 49.8 Å². The summed E-state index contributed by atoms with van der Waals surface area (Å²) in [7, 11) is 0. The normalized spacial score (nSPS) is 22.3. The van der Waals surface area contributed by atoms with Crippen molar-refractivity contribution in [3.63, 3.8) is 0 Å². The third kappa shape index (κ3) is 2.02. The van der Waals surface area contributed by atoms with Gasteiger partial charge in [0.1, 0.15) is 0 Å². The highest BCUT2D eigenvalue weighted by Gasteiger charge is 2.27. The zero-order valence-corrected chi connectivity index (χ0v) is 10.3. The molecule has 1 amide bonds. The van der Waals surface area contributed by atoms with Gasteiger partial charge in [-0.3, -0.25) is 4.79 Å². The van der Waals surface area contributed by atoms with Crippen LogP contribution in [0.5, 0.6) is 0 Å². The lowest BCUT2D eigenvalue weighted by Crippen LogP contribution is -2.29. The van der Waals surface area contributed by atoms with E-state index in [2.05, 4.69) is 0 Å². The zero-order valence-electron chi connectivity index (χ0n) is 10.3. The Balaban J connectivity index is 1.77. The van der Waals surface area contributed by atoms with E-state index >= 15 is 0 Å². The van der Waals surface area contributed by atoms with Crippen molar-refractivity contribution >= 4 is 5.91 Å². The number of nitrogens with zero attached hydrogens (tertiary/aromatic N) is 1. The maximum Gasteiger partial charge on any atom is 0.253 e. The number of aliphatic hydroxyl groups is 1. The summed E-state index contributed by atoms with van der Waals surface area (Å²) in [5.74, 6) is 0.312. The molecule has 3 rings (SSSR count). The van der Waals surface area contributed by atoms with Gasteiger partial charge in [-0.2, -0.15) is 0 Å². The third-order valence-corrected chi connectivity index (χ3v) is 3.80. The van der Waals surface area contributed by atoms with Crippen LogP contribution in [0.15, 0.2) is 18.2 Å². The fourth-order valence-electron chi connectivity index (χ4n) is 2.65. The maximum atomic E-state index is 12.3.